The molecule has 0 bridgehead atoms. The van der Waals surface area contributed by atoms with Gasteiger partial charge in [0.05, 0.1) is 49.8 Å². The van der Waals surface area contributed by atoms with E-state index in [9.17, 15) is 9.59 Å². The monoisotopic (exact) mass is 506 g/mol. The molecule has 0 aliphatic carbocycles. The van der Waals surface area contributed by atoms with Gasteiger partial charge in [0.2, 0.25) is 0 Å². The Kier molecular flexibility index (Phi) is 15.2. The van der Waals surface area contributed by atoms with Gasteiger partial charge in [-0.3, -0.25) is 0 Å². The molecule has 0 heterocycles. The summed E-state index contributed by atoms with van der Waals surface area (Å²) in [5.41, 5.74) is -2.27. The van der Waals surface area contributed by atoms with E-state index < -0.39 is 23.1 Å². The second-order valence-corrected chi connectivity index (χ2v) is 10.6. The summed E-state index contributed by atoms with van der Waals surface area (Å²) in [6, 6.07) is 0. The van der Waals surface area contributed by atoms with Crippen LogP contribution >= 0.6 is 0 Å². The van der Waals surface area contributed by atoms with Crippen LogP contribution in [-0.2, 0) is 42.7 Å². The number of esters is 2. The standard InChI is InChI=1S/C26H50O9/c1-17(2)32-19(5)15-30-23(27)25(9,10)34-21(7)13-29-14-22(8)35-26(11,12)24(28)31-16-20(6)33-18(3)4/h17-22H,13-16H2,1-12H3. The highest BCUT2D eigenvalue weighted by Crippen LogP contribution is 2.18. The second-order valence-electron chi connectivity index (χ2n) is 10.6. The normalized spacial score (nSPS) is 16.2. The Morgan fingerprint density at radius 2 is 0.857 bits per heavy atom. The van der Waals surface area contributed by atoms with Crippen LogP contribution in [0.15, 0.2) is 0 Å². The topological polar surface area (TPSA) is 98.8 Å². The molecule has 0 N–H and O–H groups in total. The van der Waals surface area contributed by atoms with Gasteiger partial charge in [0.25, 0.3) is 0 Å². The highest BCUT2D eigenvalue weighted by molar-refractivity contribution is 5.79. The highest BCUT2D eigenvalue weighted by atomic mass is 16.6. The third kappa shape index (κ3) is 15.5. The molecule has 208 valence electrons. The van der Waals surface area contributed by atoms with Gasteiger partial charge in [0.1, 0.15) is 13.2 Å². The molecule has 0 radical (unpaired) electrons. The Hall–Kier alpha value is -1.26. The molecule has 9 nitrogen and oxygen atoms in total. The van der Waals surface area contributed by atoms with E-state index in [0.29, 0.717) is 0 Å². The molecule has 0 aromatic carbocycles. The van der Waals surface area contributed by atoms with Crippen molar-refractivity contribution in [2.24, 2.45) is 0 Å². The van der Waals surface area contributed by atoms with Crippen LogP contribution in [0.5, 0.6) is 0 Å². The fourth-order valence-electron chi connectivity index (χ4n) is 3.31. The molecule has 0 spiro atoms. The van der Waals surface area contributed by atoms with Crippen molar-refractivity contribution in [3.8, 4) is 0 Å². The summed E-state index contributed by atoms with van der Waals surface area (Å²) in [6.07, 6.45) is -1.02. The number of carbonyl (C=O) groups excluding carboxylic acids is 2. The SMILES string of the molecule is CC(C)OC(C)COC(=O)C(C)(C)OC(C)COCC(C)OC(C)(C)C(=O)OCC(C)OC(C)C. The van der Waals surface area contributed by atoms with Crippen LogP contribution in [0, 0.1) is 0 Å². The van der Waals surface area contributed by atoms with E-state index in [2.05, 4.69) is 0 Å². The van der Waals surface area contributed by atoms with E-state index in [1.807, 2.05) is 55.4 Å². The molecule has 0 aliphatic rings. The molecule has 9 heteroatoms. The largest absolute Gasteiger partial charge is 0.461 e. The van der Waals surface area contributed by atoms with Crippen LogP contribution in [0.25, 0.3) is 0 Å². The highest BCUT2D eigenvalue weighted by Gasteiger charge is 2.34. The first-order chi connectivity index (χ1) is 16.0. The van der Waals surface area contributed by atoms with Gasteiger partial charge in [-0.05, 0) is 83.1 Å². The smallest absolute Gasteiger partial charge is 0.337 e. The lowest BCUT2D eigenvalue weighted by atomic mass is 10.1. The molecule has 0 amide bonds. The average molecular weight is 507 g/mol. The first-order valence-electron chi connectivity index (χ1n) is 12.5. The number of ether oxygens (including phenoxy) is 7. The minimum Gasteiger partial charge on any atom is -0.461 e. The van der Waals surface area contributed by atoms with Gasteiger partial charge in [-0.25, -0.2) is 9.59 Å². The van der Waals surface area contributed by atoms with E-state index in [4.69, 9.17) is 33.2 Å². The summed E-state index contributed by atoms with van der Waals surface area (Å²) in [4.78, 5) is 24.9. The van der Waals surface area contributed by atoms with Crippen molar-refractivity contribution in [2.75, 3.05) is 26.4 Å². The van der Waals surface area contributed by atoms with Gasteiger partial charge < -0.3 is 33.2 Å². The number of rotatable bonds is 18. The molecule has 0 fully saturated rings. The van der Waals surface area contributed by atoms with E-state index in [1.165, 1.54) is 0 Å². The maximum Gasteiger partial charge on any atom is 0.337 e. The van der Waals surface area contributed by atoms with E-state index in [-0.39, 0.29) is 63.1 Å². The van der Waals surface area contributed by atoms with E-state index >= 15 is 0 Å². The Labute approximate surface area is 212 Å². The van der Waals surface area contributed by atoms with Crippen molar-refractivity contribution in [2.45, 2.75) is 131 Å². The summed E-state index contributed by atoms with van der Waals surface area (Å²) in [5, 5.41) is 0. The molecule has 0 saturated heterocycles. The third-order valence-electron chi connectivity index (χ3n) is 4.59. The predicted molar refractivity (Wildman–Crippen MR) is 133 cm³/mol. The van der Waals surface area contributed by atoms with E-state index in [1.54, 1.807) is 27.7 Å². The molecular weight excluding hydrogens is 456 g/mol. The van der Waals surface area contributed by atoms with Crippen LogP contribution in [0.4, 0.5) is 0 Å². The van der Waals surface area contributed by atoms with Crippen LogP contribution in [-0.4, -0.2) is 86.2 Å². The minimum atomic E-state index is -1.13. The van der Waals surface area contributed by atoms with Crippen molar-refractivity contribution in [1.29, 1.82) is 0 Å². The van der Waals surface area contributed by atoms with Crippen molar-refractivity contribution < 1.29 is 42.7 Å². The molecule has 4 atom stereocenters. The van der Waals surface area contributed by atoms with Gasteiger partial charge in [-0.15, -0.1) is 0 Å². The summed E-state index contributed by atoms with van der Waals surface area (Å²) >= 11 is 0. The van der Waals surface area contributed by atoms with Crippen molar-refractivity contribution in [3.05, 3.63) is 0 Å². The zero-order chi connectivity index (χ0) is 27.4. The molecule has 35 heavy (non-hydrogen) atoms. The lowest BCUT2D eigenvalue weighted by Crippen LogP contribution is -2.43. The Balaban J connectivity index is 4.40. The van der Waals surface area contributed by atoms with Crippen LogP contribution in [0.3, 0.4) is 0 Å². The fraction of sp³-hybridized carbons (Fsp3) is 0.923. The number of carbonyl (C=O) groups is 2. The second kappa shape index (κ2) is 15.8. The zero-order valence-corrected chi connectivity index (χ0v) is 24.0. The summed E-state index contributed by atoms with van der Waals surface area (Å²) in [5.74, 6) is -0.928. The van der Waals surface area contributed by atoms with Crippen LogP contribution in [0.1, 0.15) is 83.1 Å². The number of hydrogen-bond acceptors (Lipinski definition) is 9. The van der Waals surface area contributed by atoms with Gasteiger partial charge in [0, 0.05) is 0 Å². The Bertz CT molecular complexity index is 564. The van der Waals surface area contributed by atoms with Gasteiger partial charge in [-0.1, -0.05) is 0 Å². The molecular formula is C26H50O9. The third-order valence-corrected chi connectivity index (χ3v) is 4.59. The maximum absolute atomic E-state index is 12.4. The molecule has 0 saturated carbocycles. The van der Waals surface area contributed by atoms with Crippen LogP contribution in [0.2, 0.25) is 0 Å². The molecule has 4 unspecified atom stereocenters. The first-order valence-corrected chi connectivity index (χ1v) is 12.5. The first kappa shape index (κ1) is 33.7. The minimum absolute atomic E-state index is 0.0562. The zero-order valence-electron chi connectivity index (χ0n) is 24.0. The molecule has 0 aliphatic heterocycles. The average Bonchev–Trinajstić information content (AvgIpc) is 2.68. The Morgan fingerprint density at radius 1 is 0.543 bits per heavy atom. The lowest BCUT2D eigenvalue weighted by Gasteiger charge is -2.29. The maximum atomic E-state index is 12.4. The summed E-state index contributed by atoms with van der Waals surface area (Å²) in [7, 11) is 0. The summed E-state index contributed by atoms with van der Waals surface area (Å²) < 4.78 is 39.2. The van der Waals surface area contributed by atoms with Gasteiger partial charge in [-0.2, -0.15) is 0 Å². The van der Waals surface area contributed by atoms with Gasteiger partial charge >= 0.3 is 11.9 Å². The lowest BCUT2D eigenvalue weighted by molar-refractivity contribution is -0.186. The quantitative estimate of drug-likeness (QED) is 0.255. The van der Waals surface area contributed by atoms with Crippen molar-refractivity contribution in [1.82, 2.24) is 0 Å². The molecule has 0 aromatic heterocycles. The van der Waals surface area contributed by atoms with Crippen LogP contribution < -0.4 is 0 Å². The van der Waals surface area contributed by atoms with E-state index in [0.717, 1.165) is 0 Å². The molecule has 0 rings (SSSR count). The Morgan fingerprint density at radius 3 is 1.14 bits per heavy atom. The fourth-order valence-corrected chi connectivity index (χ4v) is 3.31. The van der Waals surface area contributed by atoms with Gasteiger partial charge in [0.15, 0.2) is 11.2 Å². The summed E-state index contributed by atoms with van der Waals surface area (Å²) in [6.45, 7) is 22.5. The predicted octanol–water partition coefficient (Wildman–Crippen LogP) is 4.08. The number of hydrogen-bond donors (Lipinski definition) is 0. The van der Waals surface area contributed by atoms with Crippen molar-refractivity contribution in [3.63, 3.8) is 0 Å². The van der Waals surface area contributed by atoms with Crippen molar-refractivity contribution >= 4 is 11.9 Å². The molecule has 0 aromatic rings.